The summed E-state index contributed by atoms with van der Waals surface area (Å²) in [6.45, 7) is 1.88. The Labute approximate surface area is 101 Å². The van der Waals surface area contributed by atoms with Gasteiger partial charge in [-0.1, -0.05) is 22.5 Å². The van der Waals surface area contributed by atoms with E-state index in [9.17, 15) is 14.9 Å². The number of benzene rings is 1. The molecule has 0 radical (unpaired) electrons. The summed E-state index contributed by atoms with van der Waals surface area (Å²) < 4.78 is 0. The Morgan fingerprint density at radius 3 is 2.39 bits per heavy atom. The molecule has 2 aromatic rings. The number of nitro groups is 1. The van der Waals surface area contributed by atoms with E-state index >= 15 is 0 Å². The van der Waals surface area contributed by atoms with Crippen molar-refractivity contribution in [2.75, 3.05) is 0 Å². The Kier molecular flexibility index (Phi) is 2.76. The second kappa shape index (κ2) is 4.24. The van der Waals surface area contributed by atoms with Crippen molar-refractivity contribution in [2.45, 2.75) is 6.92 Å². The molecule has 0 atom stereocenters. The van der Waals surface area contributed by atoms with Crippen molar-refractivity contribution in [1.82, 2.24) is 15.0 Å². The largest absolute Gasteiger partial charge is 0.476 e. The zero-order valence-electron chi connectivity index (χ0n) is 9.27. The van der Waals surface area contributed by atoms with Gasteiger partial charge in [-0.15, -0.1) is 5.10 Å². The number of hydrogen-bond donors (Lipinski definition) is 1. The van der Waals surface area contributed by atoms with Gasteiger partial charge in [-0.25, -0.2) is 4.79 Å². The Morgan fingerprint density at radius 2 is 1.94 bits per heavy atom. The fourth-order valence-corrected chi connectivity index (χ4v) is 1.35. The molecule has 0 saturated carbocycles. The number of rotatable bonds is 3. The third kappa shape index (κ3) is 2.03. The third-order valence-corrected chi connectivity index (χ3v) is 2.24. The molecule has 0 aliphatic heterocycles. The molecule has 1 heterocycles. The Bertz CT molecular complexity index is 586. The van der Waals surface area contributed by atoms with Crippen molar-refractivity contribution in [2.24, 2.45) is 0 Å². The lowest BCUT2D eigenvalue weighted by atomic mass is 10.2. The highest BCUT2D eigenvalue weighted by Crippen LogP contribution is 2.15. The third-order valence-electron chi connectivity index (χ3n) is 2.24. The quantitative estimate of drug-likeness (QED) is 0.644. The van der Waals surface area contributed by atoms with Gasteiger partial charge in [0.2, 0.25) is 0 Å². The van der Waals surface area contributed by atoms with Gasteiger partial charge in [0.05, 0.1) is 5.10 Å². The highest BCUT2D eigenvalue weighted by atomic mass is 16.6. The second-order valence-electron chi connectivity index (χ2n) is 3.56. The first-order chi connectivity index (χ1) is 8.49. The summed E-state index contributed by atoms with van der Waals surface area (Å²) in [7, 11) is 0. The standard InChI is InChI=1S/C10H8N4O4/c1-6-2-4-7(5-3-6)13-11-8(10(15)16)9(12-13)14(17)18/h2-5H,1H3,(H,15,16). The van der Waals surface area contributed by atoms with E-state index in [1.165, 1.54) is 0 Å². The second-order valence-corrected chi connectivity index (χ2v) is 3.56. The van der Waals surface area contributed by atoms with Crippen molar-refractivity contribution in [1.29, 1.82) is 0 Å². The summed E-state index contributed by atoms with van der Waals surface area (Å²) in [5.74, 6) is -2.26. The molecule has 0 spiro atoms. The van der Waals surface area contributed by atoms with Crippen LogP contribution in [0.5, 0.6) is 0 Å². The molecule has 0 aliphatic carbocycles. The molecule has 2 rings (SSSR count). The van der Waals surface area contributed by atoms with Crippen molar-refractivity contribution in [3.63, 3.8) is 0 Å². The molecule has 1 aromatic heterocycles. The van der Waals surface area contributed by atoms with Crippen molar-refractivity contribution in [3.05, 3.63) is 45.6 Å². The molecule has 1 N–H and O–H groups in total. The summed E-state index contributed by atoms with van der Waals surface area (Å²) in [4.78, 5) is 21.5. The average molecular weight is 248 g/mol. The van der Waals surface area contributed by atoms with Crippen molar-refractivity contribution < 1.29 is 14.8 Å². The van der Waals surface area contributed by atoms with Gasteiger partial charge in [0, 0.05) is 0 Å². The van der Waals surface area contributed by atoms with E-state index in [0.717, 1.165) is 10.4 Å². The molecule has 92 valence electrons. The van der Waals surface area contributed by atoms with Crippen LogP contribution in [0, 0.1) is 17.0 Å². The topological polar surface area (TPSA) is 111 Å². The monoisotopic (exact) mass is 248 g/mol. The van der Waals surface area contributed by atoms with Crippen LogP contribution in [0.1, 0.15) is 16.1 Å². The number of aromatic nitrogens is 3. The van der Waals surface area contributed by atoms with Crippen LogP contribution in [0.3, 0.4) is 0 Å². The number of aryl methyl sites for hydroxylation is 1. The minimum Gasteiger partial charge on any atom is -0.476 e. The molecular formula is C10H8N4O4. The van der Waals surface area contributed by atoms with Crippen LogP contribution in [0.15, 0.2) is 24.3 Å². The van der Waals surface area contributed by atoms with Crippen LogP contribution in [-0.2, 0) is 0 Å². The molecule has 0 fully saturated rings. The van der Waals surface area contributed by atoms with E-state index in [1.807, 2.05) is 6.92 Å². The molecule has 8 nitrogen and oxygen atoms in total. The molecule has 18 heavy (non-hydrogen) atoms. The lowest BCUT2D eigenvalue weighted by molar-refractivity contribution is -0.390. The first-order valence-corrected chi connectivity index (χ1v) is 4.91. The van der Waals surface area contributed by atoms with Crippen molar-refractivity contribution in [3.8, 4) is 5.69 Å². The van der Waals surface area contributed by atoms with Gasteiger partial charge in [0.15, 0.2) is 0 Å². The van der Waals surface area contributed by atoms with Gasteiger partial charge in [-0.05, 0) is 24.0 Å². The fraction of sp³-hybridized carbons (Fsp3) is 0.100. The Morgan fingerprint density at radius 1 is 1.33 bits per heavy atom. The van der Waals surface area contributed by atoms with E-state index < -0.39 is 22.4 Å². The van der Waals surface area contributed by atoms with E-state index in [0.29, 0.717) is 5.69 Å². The van der Waals surface area contributed by atoms with Crippen LogP contribution in [0.2, 0.25) is 0 Å². The van der Waals surface area contributed by atoms with Crippen LogP contribution in [-0.4, -0.2) is 31.0 Å². The van der Waals surface area contributed by atoms with Crippen LogP contribution < -0.4 is 0 Å². The summed E-state index contributed by atoms with van der Waals surface area (Å²) in [6, 6.07) is 6.82. The van der Waals surface area contributed by atoms with Crippen LogP contribution >= 0.6 is 0 Å². The van der Waals surface area contributed by atoms with E-state index in [1.54, 1.807) is 24.3 Å². The maximum absolute atomic E-state index is 10.8. The summed E-state index contributed by atoms with van der Waals surface area (Å²) in [5.41, 5.74) is 0.774. The first kappa shape index (κ1) is 11.7. The Balaban J connectivity index is 2.53. The van der Waals surface area contributed by atoms with E-state index in [-0.39, 0.29) is 0 Å². The van der Waals surface area contributed by atoms with E-state index in [2.05, 4.69) is 10.2 Å². The SMILES string of the molecule is Cc1ccc(-n2nc(C(=O)O)c([N+](=O)[O-])n2)cc1. The maximum Gasteiger partial charge on any atom is 0.425 e. The van der Waals surface area contributed by atoms with Crippen LogP contribution in [0.25, 0.3) is 5.69 Å². The van der Waals surface area contributed by atoms with Crippen molar-refractivity contribution >= 4 is 11.8 Å². The van der Waals surface area contributed by atoms with Gasteiger partial charge in [0.25, 0.3) is 5.69 Å². The Hall–Kier alpha value is -2.77. The molecule has 0 amide bonds. The number of carbonyl (C=O) groups is 1. The summed E-state index contributed by atoms with van der Waals surface area (Å²) in [5, 5.41) is 26.6. The van der Waals surface area contributed by atoms with Gasteiger partial charge >= 0.3 is 11.8 Å². The summed E-state index contributed by atoms with van der Waals surface area (Å²) in [6.07, 6.45) is 0. The molecule has 0 unspecified atom stereocenters. The highest BCUT2D eigenvalue weighted by Gasteiger charge is 2.28. The predicted octanol–water partition coefficient (Wildman–Crippen LogP) is 1.18. The smallest absolute Gasteiger partial charge is 0.425 e. The average Bonchev–Trinajstić information content (AvgIpc) is 2.75. The lowest BCUT2D eigenvalue weighted by Crippen LogP contribution is -2.02. The number of carboxylic acids is 1. The predicted molar refractivity (Wildman–Crippen MR) is 59.7 cm³/mol. The summed E-state index contributed by atoms with van der Waals surface area (Å²) >= 11 is 0. The molecule has 0 aliphatic rings. The van der Waals surface area contributed by atoms with Gasteiger partial charge in [0.1, 0.15) is 5.69 Å². The zero-order valence-corrected chi connectivity index (χ0v) is 9.27. The lowest BCUT2D eigenvalue weighted by Gasteiger charge is -1.95. The maximum atomic E-state index is 10.8. The first-order valence-electron chi connectivity index (χ1n) is 4.91. The van der Waals surface area contributed by atoms with Gasteiger partial charge < -0.3 is 15.2 Å². The zero-order chi connectivity index (χ0) is 13.3. The van der Waals surface area contributed by atoms with E-state index in [4.69, 9.17) is 5.11 Å². The van der Waals surface area contributed by atoms with Gasteiger partial charge in [-0.3, -0.25) is 0 Å². The molecule has 8 heteroatoms. The number of aromatic carboxylic acids is 1. The van der Waals surface area contributed by atoms with Crippen LogP contribution in [0.4, 0.5) is 5.82 Å². The normalized spacial score (nSPS) is 10.3. The number of nitrogens with zero attached hydrogens (tertiary/aromatic N) is 4. The minimum atomic E-state index is -1.49. The molecule has 1 aromatic carbocycles. The molecular weight excluding hydrogens is 240 g/mol. The number of carboxylic acid groups (broad SMARTS) is 1. The minimum absolute atomic E-state index is 0.455. The fourth-order valence-electron chi connectivity index (χ4n) is 1.35. The molecule has 0 saturated heterocycles. The van der Waals surface area contributed by atoms with Gasteiger partial charge in [-0.2, -0.15) is 0 Å². The highest BCUT2D eigenvalue weighted by molar-refractivity contribution is 5.88. The number of hydrogen-bond acceptors (Lipinski definition) is 5. The molecule has 0 bridgehead atoms.